The van der Waals surface area contributed by atoms with E-state index in [0.717, 1.165) is 5.56 Å². The summed E-state index contributed by atoms with van der Waals surface area (Å²) in [6.07, 6.45) is 0. The molecule has 0 aliphatic carbocycles. The zero-order valence-electron chi connectivity index (χ0n) is 12.9. The molecule has 23 heavy (non-hydrogen) atoms. The molecular weight excluding hydrogens is 382 g/mol. The van der Waals surface area contributed by atoms with Crippen molar-refractivity contribution >= 4 is 39.1 Å². The van der Waals surface area contributed by atoms with Crippen LogP contribution in [0.1, 0.15) is 15.9 Å². The smallest absolute Gasteiger partial charge is 0.255 e. The first-order valence-electron chi connectivity index (χ1n) is 7.00. The van der Waals surface area contributed by atoms with Gasteiger partial charge in [-0.05, 0) is 58.7 Å². The van der Waals surface area contributed by atoms with Gasteiger partial charge in [0.25, 0.3) is 5.91 Å². The highest BCUT2D eigenvalue weighted by Crippen LogP contribution is 2.27. The predicted octanol–water partition coefficient (Wildman–Crippen LogP) is 4.69. The summed E-state index contributed by atoms with van der Waals surface area (Å²) in [5.41, 5.74) is 2.16. The Labute approximate surface area is 148 Å². The molecule has 1 N–H and O–H groups in total. The minimum atomic E-state index is -0.209. The monoisotopic (exact) mass is 397 g/mol. The van der Waals surface area contributed by atoms with Crippen LogP contribution in [0, 0.1) is 6.92 Å². The van der Waals surface area contributed by atoms with Crippen LogP contribution in [0.2, 0.25) is 5.02 Å². The number of halogens is 2. The van der Waals surface area contributed by atoms with Crippen molar-refractivity contribution in [2.75, 3.05) is 25.6 Å². The third-order valence-corrected chi connectivity index (χ3v) is 4.04. The van der Waals surface area contributed by atoms with Crippen LogP contribution < -0.4 is 10.1 Å². The summed E-state index contributed by atoms with van der Waals surface area (Å²) in [6.45, 7) is 2.86. The molecule has 0 aliphatic heterocycles. The Morgan fingerprint density at radius 2 is 2.00 bits per heavy atom. The van der Waals surface area contributed by atoms with E-state index < -0.39 is 0 Å². The van der Waals surface area contributed by atoms with E-state index in [0.29, 0.717) is 39.7 Å². The van der Waals surface area contributed by atoms with Crippen LogP contribution in [0.3, 0.4) is 0 Å². The molecule has 2 aromatic rings. The van der Waals surface area contributed by atoms with Crippen molar-refractivity contribution in [2.45, 2.75) is 6.92 Å². The van der Waals surface area contributed by atoms with Gasteiger partial charge in [0.1, 0.15) is 12.4 Å². The van der Waals surface area contributed by atoms with Crippen molar-refractivity contribution in [3.8, 4) is 5.75 Å². The third kappa shape index (κ3) is 4.96. The molecule has 0 saturated heterocycles. The number of hydrogen-bond acceptors (Lipinski definition) is 3. The predicted molar refractivity (Wildman–Crippen MR) is 95.7 cm³/mol. The highest BCUT2D eigenvalue weighted by molar-refractivity contribution is 9.10. The molecule has 122 valence electrons. The lowest BCUT2D eigenvalue weighted by Gasteiger charge is -2.11. The van der Waals surface area contributed by atoms with Gasteiger partial charge in [0.2, 0.25) is 0 Å². The van der Waals surface area contributed by atoms with Gasteiger partial charge in [-0.25, -0.2) is 0 Å². The highest BCUT2D eigenvalue weighted by atomic mass is 79.9. The van der Waals surface area contributed by atoms with Crippen molar-refractivity contribution in [2.24, 2.45) is 0 Å². The second-order valence-corrected chi connectivity index (χ2v) is 6.19. The number of anilines is 1. The average Bonchev–Trinajstić information content (AvgIpc) is 2.52. The summed E-state index contributed by atoms with van der Waals surface area (Å²) in [4.78, 5) is 12.4. The summed E-state index contributed by atoms with van der Waals surface area (Å²) in [5, 5.41) is 3.44. The second kappa shape index (κ2) is 8.34. The molecule has 0 saturated carbocycles. The lowest BCUT2D eigenvalue weighted by atomic mass is 10.1. The van der Waals surface area contributed by atoms with Gasteiger partial charge in [-0.2, -0.15) is 0 Å². The van der Waals surface area contributed by atoms with Crippen LogP contribution >= 0.6 is 27.5 Å². The van der Waals surface area contributed by atoms with Crippen LogP contribution in [0.25, 0.3) is 0 Å². The Morgan fingerprint density at radius 3 is 2.70 bits per heavy atom. The van der Waals surface area contributed by atoms with Gasteiger partial charge >= 0.3 is 0 Å². The third-order valence-electron chi connectivity index (χ3n) is 3.19. The molecule has 0 aliphatic rings. The lowest BCUT2D eigenvalue weighted by molar-refractivity contribution is 0.102. The standard InChI is InChI=1S/C17H17BrClNO3/c1-11-3-5-13(19)10-15(11)20-17(21)12-4-6-16(14(18)9-12)23-8-7-22-2/h3-6,9-10H,7-8H2,1-2H3,(H,20,21). The molecule has 2 aromatic carbocycles. The van der Waals surface area contributed by atoms with Gasteiger partial charge in [-0.3, -0.25) is 4.79 Å². The molecule has 6 heteroatoms. The van der Waals surface area contributed by atoms with Crippen LogP contribution in [-0.2, 0) is 4.74 Å². The lowest BCUT2D eigenvalue weighted by Crippen LogP contribution is -2.13. The van der Waals surface area contributed by atoms with E-state index in [4.69, 9.17) is 21.1 Å². The molecule has 0 atom stereocenters. The zero-order valence-corrected chi connectivity index (χ0v) is 15.2. The molecule has 2 rings (SSSR count). The van der Waals surface area contributed by atoms with E-state index in [2.05, 4.69) is 21.2 Å². The number of rotatable bonds is 6. The Morgan fingerprint density at radius 1 is 1.22 bits per heavy atom. The van der Waals surface area contributed by atoms with Crippen molar-refractivity contribution in [1.29, 1.82) is 0 Å². The minimum Gasteiger partial charge on any atom is -0.490 e. The summed E-state index contributed by atoms with van der Waals surface area (Å²) < 4.78 is 11.2. The summed E-state index contributed by atoms with van der Waals surface area (Å²) in [7, 11) is 1.61. The van der Waals surface area contributed by atoms with Gasteiger partial charge in [0, 0.05) is 23.4 Å². The van der Waals surface area contributed by atoms with Crippen LogP contribution in [0.15, 0.2) is 40.9 Å². The number of aryl methyl sites for hydroxylation is 1. The Kier molecular flexibility index (Phi) is 6.45. The molecule has 0 heterocycles. The summed E-state index contributed by atoms with van der Waals surface area (Å²) in [6, 6.07) is 10.6. The Balaban J connectivity index is 2.10. The van der Waals surface area contributed by atoms with Gasteiger partial charge in [0.15, 0.2) is 0 Å². The maximum atomic E-state index is 12.4. The zero-order chi connectivity index (χ0) is 16.8. The molecule has 0 spiro atoms. The van der Waals surface area contributed by atoms with Gasteiger partial charge in [-0.15, -0.1) is 0 Å². The number of carbonyl (C=O) groups is 1. The van der Waals surface area contributed by atoms with Gasteiger partial charge < -0.3 is 14.8 Å². The normalized spacial score (nSPS) is 10.4. The maximum Gasteiger partial charge on any atom is 0.255 e. The van der Waals surface area contributed by atoms with E-state index in [9.17, 15) is 4.79 Å². The topological polar surface area (TPSA) is 47.6 Å². The van der Waals surface area contributed by atoms with Crippen molar-refractivity contribution in [3.05, 3.63) is 57.0 Å². The SMILES string of the molecule is COCCOc1ccc(C(=O)Nc2cc(Cl)ccc2C)cc1Br. The maximum absolute atomic E-state index is 12.4. The van der Waals surface area contributed by atoms with E-state index in [-0.39, 0.29) is 5.91 Å². The van der Waals surface area contributed by atoms with Gasteiger partial charge in [0.05, 0.1) is 11.1 Å². The van der Waals surface area contributed by atoms with Crippen molar-refractivity contribution in [3.63, 3.8) is 0 Å². The number of hydrogen-bond donors (Lipinski definition) is 1. The fourth-order valence-electron chi connectivity index (χ4n) is 1.92. The molecule has 4 nitrogen and oxygen atoms in total. The number of amides is 1. The molecule has 0 unspecified atom stereocenters. The minimum absolute atomic E-state index is 0.209. The number of benzene rings is 2. The molecule has 0 aromatic heterocycles. The molecule has 0 radical (unpaired) electrons. The molecular formula is C17H17BrClNO3. The van der Waals surface area contributed by atoms with E-state index in [1.165, 1.54) is 0 Å². The quantitative estimate of drug-likeness (QED) is 0.718. The highest BCUT2D eigenvalue weighted by Gasteiger charge is 2.11. The fraction of sp³-hybridized carbons (Fsp3) is 0.235. The van der Waals surface area contributed by atoms with Crippen molar-refractivity contribution < 1.29 is 14.3 Å². The average molecular weight is 399 g/mol. The first kappa shape index (κ1) is 17.8. The molecule has 0 fully saturated rings. The Hall–Kier alpha value is -1.56. The first-order chi connectivity index (χ1) is 11.0. The van der Waals surface area contributed by atoms with E-state index in [1.54, 1.807) is 37.4 Å². The molecule has 1 amide bonds. The largest absolute Gasteiger partial charge is 0.490 e. The fourth-order valence-corrected chi connectivity index (χ4v) is 2.58. The van der Waals surface area contributed by atoms with E-state index in [1.807, 2.05) is 13.0 Å². The van der Waals surface area contributed by atoms with Gasteiger partial charge in [-0.1, -0.05) is 17.7 Å². The van der Waals surface area contributed by atoms with Crippen LogP contribution in [0.4, 0.5) is 5.69 Å². The van der Waals surface area contributed by atoms with Crippen LogP contribution in [-0.4, -0.2) is 26.2 Å². The number of nitrogens with one attached hydrogen (secondary N) is 1. The van der Waals surface area contributed by atoms with Crippen molar-refractivity contribution in [1.82, 2.24) is 0 Å². The number of carbonyl (C=O) groups excluding carboxylic acids is 1. The number of ether oxygens (including phenoxy) is 2. The van der Waals surface area contributed by atoms with E-state index >= 15 is 0 Å². The van der Waals surface area contributed by atoms with Crippen LogP contribution in [0.5, 0.6) is 5.75 Å². The Bertz CT molecular complexity index is 706. The molecule has 0 bridgehead atoms. The number of methoxy groups -OCH3 is 1. The summed E-state index contributed by atoms with van der Waals surface area (Å²) in [5.74, 6) is 0.456. The summed E-state index contributed by atoms with van der Waals surface area (Å²) >= 11 is 9.38. The second-order valence-electron chi connectivity index (χ2n) is 4.90. The first-order valence-corrected chi connectivity index (χ1v) is 8.17.